The molecule has 0 fully saturated rings. The topological polar surface area (TPSA) is 42.4 Å². The number of aromatic nitrogens is 1. The van der Waals surface area contributed by atoms with Crippen molar-refractivity contribution < 1.29 is 9.84 Å². The van der Waals surface area contributed by atoms with Crippen molar-refractivity contribution in [1.29, 1.82) is 0 Å². The first-order valence-electron chi connectivity index (χ1n) is 6.46. The summed E-state index contributed by atoms with van der Waals surface area (Å²) >= 11 is 1.54. The minimum absolute atomic E-state index is 0.605. The first-order valence-corrected chi connectivity index (χ1v) is 7.28. The Labute approximate surface area is 117 Å². The van der Waals surface area contributed by atoms with Crippen molar-refractivity contribution in [3.05, 3.63) is 45.4 Å². The molecule has 1 aromatic heterocycles. The van der Waals surface area contributed by atoms with Crippen LogP contribution in [-0.4, -0.2) is 16.7 Å². The Balaban J connectivity index is 2.15. The SMILES string of the molecule is CCCOc1ccc(C(O)c2sc(C)nc2C)cc1. The lowest BCUT2D eigenvalue weighted by atomic mass is 10.1. The molecule has 1 unspecified atom stereocenters. The summed E-state index contributed by atoms with van der Waals surface area (Å²) in [5.74, 6) is 0.843. The number of nitrogens with zero attached hydrogens (tertiary/aromatic N) is 1. The van der Waals surface area contributed by atoms with Crippen molar-refractivity contribution in [3.63, 3.8) is 0 Å². The molecule has 4 heteroatoms. The second-order valence-corrected chi connectivity index (χ2v) is 5.74. The van der Waals surface area contributed by atoms with Crippen LogP contribution in [0, 0.1) is 13.8 Å². The van der Waals surface area contributed by atoms with E-state index in [0.29, 0.717) is 0 Å². The van der Waals surface area contributed by atoms with Gasteiger partial charge in [0.2, 0.25) is 0 Å². The zero-order valence-corrected chi connectivity index (χ0v) is 12.3. The fourth-order valence-corrected chi connectivity index (χ4v) is 2.86. The van der Waals surface area contributed by atoms with Crippen LogP contribution in [0.15, 0.2) is 24.3 Å². The van der Waals surface area contributed by atoms with Crippen LogP contribution in [0.5, 0.6) is 5.75 Å². The summed E-state index contributed by atoms with van der Waals surface area (Å²) in [5.41, 5.74) is 1.77. The normalized spacial score (nSPS) is 12.4. The lowest BCUT2D eigenvalue weighted by Gasteiger charge is -2.11. The summed E-state index contributed by atoms with van der Waals surface area (Å²) in [4.78, 5) is 5.27. The molecule has 1 aromatic carbocycles. The number of aliphatic hydroxyl groups excluding tert-OH is 1. The van der Waals surface area contributed by atoms with Gasteiger partial charge in [-0.15, -0.1) is 11.3 Å². The molecule has 2 rings (SSSR count). The van der Waals surface area contributed by atoms with Gasteiger partial charge in [0.05, 0.1) is 22.2 Å². The summed E-state index contributed by atoms with van der Waals surface area (Å²) < 4.78 is 5.53. The third-order valence-corrected chi connectivity index (χ3v) is 3.98. The van der Waals surface area contributed by atoms with E-state index in [2.05, 4.69) is 11.9 Å². The van der Waals surface area contributed by atoms with Crippen LogP contribution in [0.1, 0.15) is 40.6 Å². The standard InChI is InChI=1S/C15H19NO2S/c1-4-9-18-13-7-5-12(6-8-13)14(17)15-10(2)16-11(3)19-15/h5-8,14,17H,4,9H2,1-3H3. The number of benzene rings is 1. The van der Waals surface area contributed by atoms with Gasteiger partial charge in [0.1, 0.15) is 11.9 Å². The zero-order chi connectivity index (χ0) is 13.8. The molecule has 0 saturated carbocycles. The minimum atomic E-state index is -0.605. The van der Waals surface area contributed by atoms with Crippen molar-refractivity contribution in [2.75, 3.05) is 6.61 Å². The smallest absolute Gasteiger partial charge is 0.119 e. The van der Waals surface area contributed by atoms with Crippen molar-refractivity contribution in [1.82, 2.24) is 4.98 Å². The van der Waals surface area contributed by atoms with E-state index in [9.17, 15) is 5.11 Å². The first-order chi connectivity index (χ1) is 9.11. The third-order valence-electron chi connectivity index (χ3n) is 2.86. The summed E-state index contributed by atoms with van der Waals surface area (Å²) in [6.45, 7) is 6.68. The highest BCUT2D eigenvalue weighted by molar-refractivity contribution is 7.11. The second kappa shape index (κ2) is 6.17. The Kier molecular flexibility index (Phi) is 4.56. The lowest BCUT2D eigenvalue weighted by molar-refractivity contribution is 0.223. The lowest BCUT2D eigenvalue weighted by Crippen LogP contribution is -2.00. The number of rotatable bonds is 5. The van der Waals surface area contributed by atoms with Gasteiger partial charge in [0, 0.05) is 0 Å². The van der Waals surface area contributed by atoms with Gasteiger partial charge in [0.25, 0.3) is 0 Å². The molecule has 1 heterocycles. The molecule has 1 atom stereocenters. The fourth-order valence-electron chi connectivity index (χ4n) is 1.92. The van der Waals surface area contributed by atoms with E-state index in [-0.39, 0.29) is 0 Å². The summed E-state index contributed by atoms with van der Waals surface area (Å²) in [7, 11) is 0. The highest BCUT2D eigenvalue weighted by Crippen LogP contribution is 2.30. The Morgan fingerprint density at radius 2 is 1.95 bits per heavy atom. The number of hydrogen-bond donors (Lipinski definition) is 1. The van der Waals surface area contributed by atoms with E-state index in [1.54, 1.807) is 11.3 Å². The van der Waals surface area contributed by atoms with E-state index in [1.165, 1.54) is 0 Å². The molecule has 0 saturated heterocycles. The zero-order valence-electron chi connectivity index (χ0n) is 11.5. The molecule has 0 radical (unpaired) electrons. The predicted octanol–water partition coefficient (Wildman–Crippen LogP) is 3.63. The largest absolute Gasteiger partial charge is 0.494 e. The summed E-state index contributed by atoms with van der Waals surface area (Å²) in [6, 6.07) is 7.61. The van der Waals surface area contributed by atoms with Gasteiger partial charge >= 0.3 is 0 Å². The van der Waals surface area contributed by atoms with E-state index in [1.807, 2.05) is 38.1 Å². The van der Waals surface area contributed by atoms with Gasteiger partial charge in [-0.1, -0.05) is 19.1 Å². The van der Waals surface area contributed by atoms with Crippen LogP contribution in [0.25, 0.3) is 0 Å². The van der Waals surface area contributed by atoms with Gasteiger partial charge in [-0.25, -0.2) is 4.98 Å². The van der Waals surface area contributed by atoms with Gasteiger partial charge in [-0.3, -0.25) is 0 Å². The minimum Gasteiger partial charge on any atom is -0.494 e. The molecular formula is C15H19NO2S. The molecule has 0 aliphatic rings. The Bertz CT molecular complexity index is 534. The average molecular weight is 277 g/mol. The molecule has 102 valence electrons. The predicted molar refractivity (Wildman–Crippen MR) is 77.9 cm³/mol. The van der Waals surface area contributed by atoms with E-state index < -0.39 is 6.10 Å². The molecule has 19 heavy (non-hydrogen) atoms. The molecule has 0 spiro atoms. The molecule has 0 aliphatic carbocycles. The van der Waals surface area contributed by atoms with Crippen molar-refractivity contribution >= 4 is 11.3 Å². The van der Waals surface area contributed by atoms with Gasteiger partial charge < -0.3 is 9.84 Å². The van der Waals surface area contributed by atoms with Crippen LogP contribution in [0.4, 0.5) is 0 Å². The van der Waals surface area contributed by atoms with E-state index in [4.69, 9.17) is 4.74 Å². The maximum absolute atomic E-state index is 10.4. The quantitative estimate of drug-likeness (QED) is 0.907. The molecule has 0 aliphatic heterocycles. The Morgan fingerprint density at radius 1 is 1.26 bits per heavy atom. The number of ether oxygens (including phenoxy) is 1. The van der Waals surface area contributed by atoms with Gasteiger partial charge in [-0.2, -0.15) is 0 Å². The molecule has 0 bridgehead atoms. The Morgan fingerprint density at radius 3 is 2.47 bits per heavy atom. The maximum atomic E-state index is 10.4. The summed E-state index contributed by atoms with van der Waals surface area (Å²) in [5, 5.41) is 11.4. The van der Waals surface area contributed by atoms with E-state index >= 15 is 0 Å². The van der Waals surface area contributed by atoms with Crippen LogP contribution >= 0.6 is 11.3 Å². The number of aliphatic hydroxyl groups is 1. The third kappa shape index (κ3) is 3.33. The molecule has 3 nitrogen and oxygen atoms in total. The number of hydrogen-bond acceptors (Lipinski definition) is 4. The van der Waals surface area contributed by atoms with Gasteiger partial charge in [-0.05, 0) is 38.0 Å². The Hall–Kier alpha value is -1.39. The van der Waals surface area contributed by atoms with Crippen LogP contribution in [0.3, 0.4) is 0 Å². The number of aryl methyl sites for hydroxylation is 2. The van der Waals surface area contributed by atoms with Crippen LogP contribution < -0.4 is 4.74 Å². The average Bonchev–Trinajstić information content (AvgIpc) is 2.75. The number of thiazole rings is 1. The molecular weight excluding hydrogens is 258 g/mol. The molecule has 0 amide bonds. The van der Waals surface area contributed by atoms with Gasteiger partial charge in [0.15, 0.2) is 0 Å². The van der Waals surface area contributed by atoms with Crippen molar-refractivity contribution in [2.45, 2.75) is 33.3 Å². The first kappa shape index (κ1) is 14.0. The highest BCUT2D eigenvalue weighted by Gasteiger charge is 2.16. The van der Waals surface area contributed by atoms with Crippen molar-refractivity contribution in [3.8, 4) is 5.75 Å². The monoisotopic (exact) mass is 277 g/mol. The van der Waals surface area contributed by atoms with Crippen LogP contribution in [-0.2, 0) is 0 Å². The molecule has 2 aromatic rings. The fraction of sp³-hybridized carbons (Fsp3) is 0.400. The van der Waals surface area contributed by atoms with Crippen molar-refractivity contribution in [2.24, 2.45) is 0 Å². The molecule has 1 N–H and O–H groups in total. The second-order valence-electron chi connectivity index (χ2n) is 4.50. The van der Waals surface area contributed by atoms with E-state index in [0.717, 1.165) is 39.9 Å². The van der Waals surface area contributed by atoms with Crippen LogP contribution in [0.2, 0.25) is 0 Å². The summed E-state index contributed by atoms with van der Waals surface area (Å²) in [6.07, 6.45) is 0.385. The maximum Gasteiger partial charge on any atom is 0.119 e. The highest BCUT2D eigenvalue weighted by atomic mass is 32.1.